The zero-order valence-electron chi connectivity index (χ0n) is 28.6. The summed E-state index contributed by atoms with van der Waals surface area (Å²) in [6.45, 7) is 13.1. The van der Waals surface area contributed by atoms with Crippen molar-refractivity contribution in [1.82, 2.24) is 19.1 Å². The number of hydrogen-bond donors (Lipinski definition) is 0. The molecule has 0 amide bonds. The highest BCUT2D eigenvalue weighted by atomic mass is 16.5. The lowest BCUT2D eigenvalue weighted by Crippen LogP contribution is -2.37. The van der Waals surface area contributed by atoms with E-state index in [1.807, 2.05) is 12.3 Å². The molecule has 2 atom stereocenters. The van der Waals surface area contributed by atoms with Crippen LogP contribution < -0.4 is 0 Å². The summed E-state index contributed by atoms with van der Waals surface area (Å²) in [5.41, 5.74) is 11.9. The van der Waals surface area contributed by atoms with Crippen molar-refractivity contribution in [3.05, 3.63) is 107 Å². The van der Waals surface area contributed by atoms with E-state index in [1.165, 1.54) is 45.5 Å². The first-order valence-corrected chi connectivity index (χ1v) is 17.4. The summed E-state index contributed by atoms with van der Waals surface area (Å²) < 4.78 is 11.3. The number of aromatic nitrogens is 4. The van der Waals surface area contributed by atoms with Crippen molar-refractivity contribution in [2.24, 2.45) is 4.99 Å². The van der Waals surface area contributed by atoms with Gasteiger partial charge < -0.3 is 9.30 Å². The summed E-state index contributed by atoms with van der Waals surface area (Å²) in [5.74, 6) is 1.19. The first-order chi connectivity index (χ1) is 23.2. The van der Waals surface area contributed by atoms with Crippen molar-refractivity contribution in [2.75, 3.05) is 0 Å². The van der Waals surface area contributed by atoms with Crippen molar-refractivity contribution in [3.8, 4) is 11.4 Å². The fourth-order valence-corrected chi connectivity index (χ4v) is 8.28. The summed E-state index contributed by atoms with van der Waals surface area (Å²) >= 11 is 0. The van der Waals surface area contributed by atoms with Crippen LogP contribution in [-0.4, -0.2) is 36.6 Å². The molecule has 1 aliphatic heterocycles. The van der Waals surface area contributed by atoms with Crippen LogP contribution in [0.4, 0.5) is 0 Å². The maximum absolute atomic E-state index is 6.60. The van der Waals surface area contributed by atoms with E-state index in [0.717, 1.165) is 69.3 Å². The van der Waals surface area contributed by atoms with Crippen LogP contribution in [-0.2, 0) is 4.74 Å². The van der Waals surface area contributed by atoms with Crippen LogP contribution in [0.1, 0.15) is 80.5 Å². The number of hydrogen-bond acceptors (Lipinski definition) is 4. The Bertz CT molecular complexity index is 2480. The van der Waals surface area contributed by atoms with Gasteiger partial charge in [0.2, 0.25) is 5.90 Å². The third-order valence-corrected chi connectivity index (χ3v) is 10.9. The summed E-state index contributed by atoms with van der Waals surface area (Å²) in [7, 11) is 0. The van der Waals surface area contributed by atoms with Gasteiger partial charge in [-0.3, -0.25) is 9.55 Å². The number of fused-ring (bicyclic) bond motifs is 7. The first kappa shape index (κ1) is 29.2. The van der Waals surface area contributed by atoms with Gasteiger partial charge in [-0.05, 0) is 113 Å². The van der Waals surface area contributed by atoms with Gasteiger partial charge >= 0.3 is 0 Å². The Morgan fingerprint density at radius 1 is 0.792 bits per heavy atom. The number of rotatable bonds is 4. The Morgan fingerprint density at radius 2 is 1.60 bits per heavy atom. The van der Waals surface area contributed by atoms with Gasteiger partial charge in [-0.25, -0.2) is 9.98 Å². The monoisotopic (exact) mass is 631 g/mol. The Kier molecular flexibility index (Phi) is 6.39. The SMILES string of the molecule is Cc1ccc2c(c1)c1ccc(-n3c4ccc(C(C)C)cc4c4cccnc43)cc1n2-c1cc(C2=N[C@@]3(C)CCCC[C@@H]3O2)c(C)nc1C. The molecule has 1 fully saturated rings. The van der Waals surface area contributed by atoms with E-state index in [9.17, 15) is 0 Å². The van der Waals surface area contributed by atoms with Crippen LogP contribution in [0.3, 0.4) is 0 Å². The van der Waals surface area contributed by atoms with Crippen molar-refractivity contribution in [1.29, 1.82) is 0 Å². The zero-order valence-corrected chi connectivity index (χ0v) is 28.6. The number of benzene rings is 3. The normalized spacial score (nSPS) is 19.5. The summed E-state index contributed by atoms with van der Waals surface area (Å²) in [6, 6.07) is 26.9. The molecule has 0 saturated heterocycles. The van der Waals surface area contributed by atoms with Gasteiger partial charge in [0.15, 0.2) is 0 Å². The molecule has 1 saturated carbocycles. The van der Waals surface area contributed by atoms with Crippen molar-refractivity contribution >= 4 is 49.6 Å². The maximum Gasteiger partial charge on any atom is 0.219 e. The summed E-state index contributed by atoms with van der Waals surface area (Å²) in [4.78, 5) is 15.3. The van der Waals surface area contributed by atoms with E-state index in [2.05, 4.69) is 117 Å². The van der Waals surface area contributed by atoms with Gasteiger partial charge in [0.1, 0.15) is 11.8 Å². The Balaban J connectivity index is 1.30. The molecule has 7 aromatic rings. The Morgan fingerprint density at radius 3 is 2.44 bits per heavy atom. The second-order valence-corrected chi connectivity index (χ2v) is 14.6. The van der Waals surface area contributed by atoms with Crippen molar-refractivity contribution < 1.29 is 4.74 Å². The van der Waals surface area contributed by atoms with E-state index in [-0.39, 0.29) is 11.6 Å². The number of ether oxygens (including phenoxy) is 1. The van der Waals surface area contributed by atoms with Gasteiger partial charge in [-0.15, -0.1) is 0 Å². The number of nitrogens with zero attached hydrogens (tertiary/aromatic N) is 5. The van der Waals surface area contributed by atoms with Crippen LogP contribution in [0.25, 0.3) is 55.1 Å². The molecule has 2 aliphatic rings. The van der Waals surface area contributed by atoms with E-state index >= 15 is 0 Å². The average molecular weight is 632 g/mol. The number of aliphatic imine (C=N–C) groups is 1. The Hall–Kier alpha value is -4.97. The molecule has 240 valence electrons. The van der Waals surface area contributed by atoms with Gasteiger partial charge in [-0.2, -0.15) is 0 Å². The van der Waals surface area contributed by atoms with Crippen LogP contribution in [0, 0.1) is 20.8 Å². The smallest absolute Gasteiger partial charge is 0.219 e. The quantitative estimate of drug-likeness (QED) is 0.194. The molecule has 1 aliphatic carbocycles. The van der Waals surface area contributed by atoms with E-state index in [0.29, 0.717) is 5.92 Å². The molecular weight excluding hydrogens is 590 g/mol. The maximum atomic E-state index is 6.60. The molecule has 6 nitrogen and oxygen atoms in total. The van der Waals surface area contributed by atoms with E-state index < -0.39 is 0 Å². The molecule has 0 spiro atoms. The molecule has 9 rings (SSSR count). The topological polar surface area (TPSA) is 57.2 Å². The molecule has 0 unspecified atom stereocenters. The standard InChI is InChI=1S/C42H41N5O/c1-24(2)28-13-17-35-34(21-28)31-10-9-19-43-40(31)46(35)29-14-15-30-33-20-25(3)12-16-36(33)47(38(30)22-29)37-23-32(26(4)44-27(37)5)41-45-42(6)18-8-7-11-39(42)48-41/h9-10,12-17,19-24,39H,7-8,11,18H2,1-6H3/t39-,42-/m0/s1. The second kappa shape index (κ2) is 10.5. The number of pyridine rings is 2. The molecule has 4 aromatic heterocycles. The largest absolute Gasteiger partial charge is 0.472 e. The highest BCUT2D eigenvalue weighted by Crippen LogP contribution is 2.41. The lowest BCUT2D eigenvalue weighted by atomic mass is 9.82. The molecule has 0 radical (unpaired) electrons. The van der Waals surface area contributed by atoms with Crippen molar-refractivity contribution in [2.45, 2.75) is 84.8 Å². The summed E-state index contributed by atoms with van der Waals surface area (Å²) in [6.07, 6.45) is 6.56. The number of aryl methyl sites for hydroxylation is 3. The van der Waals surface area contributed by atoms with Gasteiger partial charge in [0, 0.05) is 33.4 Å². The van der Waals surface area contributed by atoms with Crippen LogP contribution in [0.2, 0.25) is 0 Å². The molecule has 48 heavy (non-hydrogen) atoms. The van der Waals surface area contributed by atoms with Crippen LogP contribution in [0.5, 0.6) is 0 Å². The van der Waals surface area contributed by atoms with E-state index in [4.69, 9.17) is 19.7 Å². The average Bonchev–Trinajstić information content (AvgIpc) is 3.71. The Labute approximate surface area is 281 Å². The molecule has 0 N–H and O–H groups in total. The highest BCUT2D eigenvalue weighted by Gasteiger charge is 2.44. The third-order valence-electron chi connectivity index (χ3n) is 10.9. The lowest BCUT2D eigenvalue weighted by molar-refractivity contribution is 0.104. The van der Waals surface area contributed by atoms with Gasteiger partial charge in [0.25, 0.3) is 0 Å². The molecule has 3 aromatic carbocycles. The fraction of sp³-hybridized carbons (Fsp3) is 0.310. The van der Waals surface area contributed by atoms with Crippen LogP contribution in [0.15, 0.2) is 84.0 Å². The fourth-order valence-electron chi connectivity index (χ4n) is 8.28. The lowest BCUT2D eigenvalue weighted by Gasteiger charge is -2.31. The van der Waals surface area contributed by atoms with E-state index in [1.54, 1.807) is 0 Å². The predicted octanol–water partition coefficient (Wildman–Crippen LogP) is 10.2. The minimum absolute atomic E-state index is 0.139. The highest BCUT2D eigenvalue weighted by molar-refractivity contribution is 6.12. The molecule has 0 bridgehead atoms. The molecular formula is C42H41N5O. The summed E-state index contributed by atoms with van der Waals surface area (Å²) in [5, 5.41) is 4.84. The molecule has 5 heterocycles. The second-order valence-electron chi connectivity index (χ2n) is 14.6. The van der Waals surface area contributed by atoms with Gasteiger partial charge in [0.05, 0.1) is 44.7 Å². The zero-order chi connectivity index (χ0) is 32.9. The first-order valence-electron chi connectivity index (χ1n) is 17.4. The third kappa shape index (κ3) is 4.27. The van der Waals surface area contributed by atoms with Crippen molar-refractivity contribution in [3.63, 3.8) is 0 Å². The molecule has 6 heteroatoms. The van der Waals surface area contributed by atoms with Crippen LogP contribution >= 0.6 is 0 Å². The predicted molar refractivity (Wildman–Crippen MR) is 197 cm³/mol. The van der Waals surface area contributed by atoms with Gasteiger partial charge in [-0.1, -0.05) is 44.0 Å². The minimum atomic E-state index is -0.156. The minimum Gasteiger partial charge on any atom is -0.472 e.